The van der Waals surface area contributed by atoms with Crippen molar-refractivity contribution >= 4 is 15.7 Å². The third-order valence-corrected chi connectivity index (χ3v) is 4.33. The molecule has 1 aromatic carbocycles. The number of hydrogen-bond acceptors (Lipinski definition) is 3. The minimum Gasteiger partial charge on any atom is -0.317 e. The molecule has 0 saturated heterocycles. The van der Waals surface area contributed by atoms with E-state index < -0.39 is 15.8 Å². The van der Waals surface area contributed by atoms with Crippen LogP contribution in [0.3, 0.4) is 0 Å². The summed E-state index contributed by atoms with van der Waals surface area (Å²) in [7, 11) is -3.41. The molecular formula is C14H23FN2O2S. The van der Waals surface area contributed by atoms with E-state index >= 15 is 0 Å². The summed E-state index contributed by atoms with van der Waals surface area (Å²) in [6.45, 7) is 5.42. The van der Waals surface area contributed by atoms with E-state index in [9.17, 15) is 12.8 Å². The number of benzene rings is 1. The molecule has 2 N–H and O–H groups in total. The van der Waals surface area contributed by atoms with Gasteiger partial charge in [-0.05, 0) is 51.4 Å². The van der Waals surface area contributed by atoms with Crippen molar-refractivity contribution in [3.05, 3.63) is 29.6 Å². The van der Waals surface area contributed by atoms with E-state index in [0.717, 1.165) is 25.9 Å². The maximum absolute atomic E-state index is 13.3. The summed E-state index contributed by atoms with van der Waals surface area (Å²) in [5.41, 5.74) is 0.634. The molecule has 0 aliphatic rings. The standard InChI is InChI=1S/C14H23FN2O2S/c1-3-9-16-10-4-5-11-20(18,19)17-14-8-6-7-13(15)12(14)2/h6-8,16-17H,3-5,9-11H2,1-2H3. The molecule has 0 spiro atoms. The van der Waals surface area contributed by atoms with E-state index in [1.807, 2.05) is 0 Å². The van der Waals surface area contributed by atoms with Crippen LogP contribution in [-0.2, 0) is 10.0 Å². The van der Waals surface area contributed by atoms with Gasteiger partial charge >= 0.3 is 0 Å². The van der Waals surface area contributed by atoms with Crippen LogP contribution in [0.5, 0.6) is 0 Å². The number of rotatable bonds is 9. The van der Waals surface area contributed by atoms with Crippen LogP contribution in [0.25, 0.3) is 0 Å². The molecule has 114 valence electrons. The van der Waals surface area contributed by atoms with Crippen molar-refractivity contribution in [2.24, 2.45) is 0 Å². The van der Waals surface area contributed by atoms with Gasteiger partial charge in [-0.2, -0.15) is 0 Å². The zero-order valence-corrected chi connectivity index (χ0v) is 12.9. The summed E-state index contributed by atoms with van der Waals surface area (Å²) in [4.78, 5) is 0. The molecule has 0 fully saturated rings. The maximum atomic E-state index is 13.3. The Kier molecular flexibility index (Phi) is 6.95. The van der Waals surface area contributed by atoms with Gasteiger partial charge in [-0.3, -0.25) is 4.72 Å². The van der Waals surface area contributed by atoms with Crippen LogP contribution in [0.4, 0.5) is 10.1 Å². The fourth-order valence-electron chi connectivity index (χ4n) is 1.78. The summed E-state index contributed by atoms with van der Waals surface area (Å²) >= 11 is 0. The molecule has 1 rings (SSSR count). The second-order valence-electron chi connectivity index (χ2n) is 4.79. The van der Waals surface area contributed by atoms with E-state index in [-0.39, 0.29) is 5.75 Å². The second-order valence-corrected chi connectivity index (χ2v) is 6.63. The Balaban J connectivity index is 2.43. The van der Waals surface area contributed by atoms with Crippen LogP contribution >= 0.6 is 0 Å². The molecule has 1 aromatic rings. The molecule has 20 heavy (non-hydrogen) atoms. The van der Waals surface area contributed by atoms with Crippen molar-refractivity contribution in [3.63, 3.8) is 0 Å². The first-order valence-corrected chi connectivity index (χ1v) is 8.58. The van der Waals surface area contributed by atoms with E-state index in [4.69, 9.17) is 0 Å². The zero-order chi connectivity index (χ0) is 15.0. The number of halogens is 1. The van der Waals surface area contributed by atoms with Gasteiger partial charge in [0, 0.05) is 5.56 Å². The molecule has 0 atom stereocenters. The highest BCUT2D eigenvalue weighted by molar-refractivity contribution is 7.92. The third-order valence-electron chi connectivity index (χ3n) is 2.98. The molecule has 0 heterocycles. The van der Waals surface area contributed by atoms with Gasteiger partial charge in [-0.15, -0.1) is 0 Å². The van der Waals surface area contributed by atoms with Gasteiger partial charge in [-0.25, -0.2) is 12.8 Å². The van der Waals surface area contributed by atoms with Crippen molar-refractivity contribution in [3.8, 4) is 0 Å². The van der Waals surface area contributed by atoms with Crippen LogP contribution in [0.15, 0.2) is 18.2 Å². The Morgan fingerprint density at radius 1 is 1.20 bits per heavy atom. The molecule has 0 amide bonds. The van der Waals surface area contributed by atoms with Gasteiger partial charge in [0.1, 0.15) is 5.82 Å². The lowest BCUT2D eigenvalue weighted by Gasteiger charge is -2.11. The molecule has 0 radical (unpaired) electrons. The van der Waals surface area contributed by atoms with Crippen molar-refractivity contribution < 1.29 is 12.8 Å². The maximum Gasteiger partial charge on any atom is 0.232 e. The van der Waals surface area contributed by atoms with Crippen LogP contribution < -0.4 is 10.0 Å². The number of anilines is 1. The molecule has 0 aliphatic heterocycles. The lowest BCUT2D eigenvalue weighted by Crippen LogP contribution is -2.20. The fraction of sp³-hybridized carbons (Fsp3) is 0.571. The summed E-state index contributed by atoms with van der Waals surface area (Å²) in [5, 5.41) is 3.22. The highest BCUT2D eigenvalue weighted by Gasteiger charge is 2.12. The molecule has 0 saturated carbocycles. The second kappa shape index (κ2) is 8.21. The molecule has 4 nitrogen and oxygen atoms in total. The van der Waals surface area contributed by atoms with Crippen LogP contribution in [0, 0.1) is 12.7 Å². The van der Waals surface area contributed by atoms with Crippen molar-refractivity contribution in [2.45, 2.75) is 33.1 Å². The van der Waals surface area contributed by atoms with Crippen LogP contribution in [0.2, 0.25) is 0 Å². The average Bonchev–Trinajstić information content (AvgIpc) is 2.39. The molecular weight excluding hydrogens is 279 g/mol. The van der Waals surface area contributed by atoms with Gasteiger partial charge in [0.05, 0.1) is 11.4 Å². The summed E-state index contributed by atoms with van der Waals surface area (Å²) in [6.07, 6.45) is 2.46. The predicted molar refractivity (Wildman–Crippen MR) is 80.9 cm³/mol. The van der Waals surface area contributed by atoms with Gasteiger partial charge in [0.2, 0.25) is 10.0 Å². The molecule has 0 aromatic heterocycles. The molecule has 0 bridgehead atoms. The quantitative estimate of drug-likeness (QED) is 0.690. The Morgan fingerprint density at radius 2 is 1.95 bits per heavy atom. The lowest BCUT2D eigenvalue weighted by atomic mass is 10.2. The predicted octanol–water partition coefficient (Wildman–Crippen LogP) is 2.66. The number of nitrogens with one attached hydrogen (secondary N) is 2. The zero-order valence-electron chi connectivity index (χ0n) is 12.1. The summed E-state index contributed by atoms with van der Waals surface area (Å²) in [5.74, 6) is -0.356. The first kappa shape index (κ1) is 16.9. The minimum atomic E-state index is -3.41. The Morgan fingerprint density at radius 3 is 2.65 bits per heavy atom. The Bertz CT molecular complexity index is 518. The topological polar surface area (TPSA) is 58.2 Å². The van der Waals surface area contributed by atoms with Crippen molar-refractivity contribution in [1.29, 1.82) is 0 Å². The van der Waals surface area contributed by atoms with Crippen molar-refractivity contribution in [2.75, 3.05) is 23.6 Å². The molecule has 0 unspecified atom stereocenters. The molecule has 0 aliphatic carbocycles. The number of hydrogen-bond donors (Lipinski definition) is 2. The highest BCUT2D eigenvalue weighted by Crippen LogP contribution is 2.18. The fourth-order valence-corrected chi connectivity index (χ4v) is 3.02. The van der Waals surface area contributed by atoms with E-state index in [0.29, 0.717) is 17.7 Å². The summed E-state index contributed by atoms with van der Waals surface area (Å²) < 4.78 is 39.6. The van der Waals surface area contributed by atoms with Crippen LogP contribution in [0.1, 0.15) is 31.7 Å². The first-order valence-electron chi connectivity index (χ1n) is 6.92. The van der Waals surface area contributed by atoms with Gasteiger partial charge < -0.3 is 5.32 Å². The monoisotopic (exact) mass is 302 g/mol. The largest absolute Gasteiger partial charge is 0.317 e. The van der Waals surface area contributed by atoms with Gasteiger partial charge in [-0.1, -0.05) is 13.0 Å². The normalized spacial score (nSPS) is 11.6. The smallest absolute Gasteiger partial charge is 0.232 e. The Hall–Kier alpha value is -1.14. The third kappa shape index (κ3) is 5.88. The van der Waals surface area contributed by atoms with E-state index in [2.05, 4.69) is 17.0 Å². The van der Waals surface area contributed by atoms with Crippen molar-refractivity contribution in [1.82, 2.24) is 5.32 Å². The Labute approximate surface area is 120 Å². The average molecular weight is 302 g/mol. The SMILES string of the molecule is CCCNCCCCS(=O)(=O)Nc1cccc(F)c1C. The number of unbranched alkanes of at least 4 members (excludes halogenated alkanes) is 1. The van der Waals surface area contributed by atoms with E-state index in [1.165, 1.54) is 12.1 Å². The summed E-state index contributed by atoms with van der Waals surface area (Å²) in [6, 6.07) is 4.38. The van der Waals surface area contributed by atoms with Gasteiger partial charge in [0.25, 0.3) is 0 Å². The minimum absolute atomic E-state index is 0.0523. The number of sulfonamides is 1. The van der Waals surface area contributed by atoms with E-state index in [1.54, 1.807) is 13.0 Å². The molecule has 6 heteroatoms. The van der Waals surface area contributed by atoms with Crippen LogP contribution in [-0.4, -0.2) is 27.3 Å². The lowest BCUT2D eigenvalue weighted by molar-refractivity contribution is 0.590. The highest BCUT2D eigenvalue weighted by atomic mass is 32.2. The first-order chi connectivity index (χ1) is 9.46. The van der Waals surface area contributed by atoms with Gasteiger partial charge in [0.15, 0.2) is 0 Å².